The van der Waals surface area contributed by atoms with Gasteiger partial charge in [0.1, 0.15) is 0 Å². The highest BCUT2D eigenvalue weighted by Gasteiger charge is 2.18. The maximum absolute atomic E-state index is 2.46. The quantitative estimate of drug-likeness (QED) is 0.162. The molecule has 2 heterocycles. The van der Waals surface area contributed by atoms with E-state index in [0.717, 1.165) is 5.69 Å². The molecule has 0 fully saturated rings. The van der Waals surface area contributed by atoms with E-state index in [1.54, 1.807) is 0 Å². The van der Waals surface area contributed by atoms with Gasteiger partial charge in [0.2, 0.25) is 0 Å². The monoisotopic (exact) mass is 712 g/mol. The summed E-state index contributed by atoms with van der Waals surface area (Å²) in [6.45, 7) is 0. The molecule has 2 heteroatoms. The molecule has 2 aromatic heterocycles. The minimum Gasteiger partial charge on any atom is -0.309 e. The van der Waals surface area contributed by atoms with Gasteiger partial charge in [-0.05, 0) is 99.6 Å². The van der Waals surface area contributed by atoms with Gasteiger partial charge >= 0.3 is 0 Å². The summed E-state index contributed by atoms with van der Waals surface area (Å²) in [6.07, 6.45) is 0. The zero-order chi connectivity index (χ0) is 37.0. The van der Waals surface area contributed by atoms with Crippen LogP contribution in [0.4, 0.5) is 0 Å². The van der Waals surface area contributed by atoms with Crippen molar-refractivity contribution < 1.29 is 0 Å². The van der Waals surface area contributed by atoms with E-state index < -0.39 is 0 Å². The molecule has 262 valence electrons. The average molecular weight is 713 g/mol. The minimum atomic E-state index is 1.16. The highest BCUT2D eigenvalue weighted by Crippen LogP contribution is 2.41. The molecule has 0 unspecified atom stereocenters. The van der Waals surface area contributed by atoms with Gasteiger partial charge in [0.05, 0.1) is 27.8 Å². The molecule has 0 spiro atoms. The molecule has 56 heavy (non-hydrogen) atoms. The van der Waals surface area contributed by atoms with Crippen LogP contribution < -0.4 is 0 Å². The van der Waals surface area contributed by atoms with Gasteiger partial charge in [-0.3, -0.25) is 0 Å². The van der Waals surface area contributed by atoms with E-state index in [1.165, 1.54) is 93.8 Å². The zero-order valence-corrected chi connectivity index (χ0v) is 30.7. The number of nitrogens with zero attached hydrogens (tertiary/aromatic N) is 2. The van der Waals surface area contributed by atoms with Crippen LogP contribution in [0.15, 0.2) is 218 Å². The third kappa shape index (κ3) is 5.26. The maximum Gasteiger partial charge on any atom is 0.0541 e. The molecule has 11 aromatic rings. The van der Waals surface area contributed by atoms with Crippen molar-refractivity contribution in [2.45, 2.75) is 0 Å². The summed E-state index contributed by atoms with van der Waals surface area (Å²) in [5.74, 6) is 0. The Morgan fingerprint density at radius 3 is 1.25 bits per heavy atom. The van der Waals surface area contributed by atoms with Crippen LogP contribution in [0.1, 0.15) is 0 Å². The lowest BCUT2D eigenvalue weighted by molar-refractivity contribution is 1.18. The van der Waals surface area contributed by atoms with E-state index in [4.69, 9.17) is 0 Å². The number of benzene rings is 9. The molecule has 2 nitrogen and oxygen atoms in total. The fraction of sp³-hybridized carbons (Fsp3) is 0. The van der Waals surface area contributed by atoms with Gasteiger partial charge in [0, 0.05) is 32.8 Å². The van der Waals surface area contributed by atoms with Crippen LogP contribution in [0, 0.1) is 0 Å². The largest absolute Gasteiger partial charge is 0.309 e. The van der Waals surface area contributed by atoms with Gasteiger partial charge in [-0.2, -0.15) is 0 Å². The van der Waals surface area contributed by atoms with Crippen molar-refractivity contribution in [1.82, 2.24) is 9.13 Å². The molecule has 0 atom stereocenters. The first-order valence-corrected chi connectivity index (χ1v) is 19.3. The van der Waals surface area contributed by atoms with Crippen LogP contribution in [0.2, 0.25) is 0 Å². The van der Waals surface area contributed by atoms with E-state index in [9.17, 15) is 0 Å². The molecule has 0 aliphatic rings. The Morgan fingerprint density at radius 2 is 0.625 bits per heavy atom. The third-order valence-electron chi connectivity index (χ3n) is 11.3. The van der Waals surface area contributed by atoms with E-state index >= 15 is 0 Å². The molecular weight excluding hydrogens is 677 g/mol. The molecule has 9 aromatic carbocycles. The lowest BCUT2D eigenvalue weighted by Gasteiger charge is -2.15. The Hall–Kier alpha value is -7.42. The Bertz CT molecular complexity index is 3210. The first-order chi connectivity index (χ1) is 27.8. The van der Waals surface area contributed by atoms with Crippen molar-refractivity contribution in [3.8, 4) is 55.9 Å². The molecule has 0 saturated heterocycles. The Balaban J connectivity index is 1.10. The summed E-state index contributed by atoms with van der Waals surface area (Å²) in [4.78, 5) is 0. The normalized spacial score (nSPS) is 11.6. The van der Waals surface area contributed by atoms with E-state index in [1.807, 2.05) is 0 Å². The number of fused-ring (bicyclic) bond motifs is 6. The molecule has 0 bridgehead atoms. The summed E-state index contributed by atoms with van der Waals surface area (Å²) in [5.41, 5.74) is 16.8. The summed E-state index contributed by atoms with van der Waals surface area (Å²) >= 11 is 0. The van der Waals surface area contributed by atoms with Crippen LogP contribution in [-0.4, -0.2) is 9.13 Å². The van der Waals surface area contributed by atoms with Crippen LogP contribution in [0.25, 0.3) is 99.5 Å². The fourth-order valence-electron chi connectivity index (χ4n) is 8.67. The van der Waals surface area contributed by atoms with Crippen molar-refractivity contribution >= 4 is 43.6 Å². The molecular formula is C54H36N2. The number of aromatic nitrogens is 2. The SMILES string of the molecule is c1ccc(-c2ccc(-c3ccccc3-n3c4ccc(-c5ccccc5)cc4c4cc(-c5ccc6c(c5)c5ccccc5n6-c5ccccc5)ccc43)cc2)cc1. The number of hydrogen-bond acceptors (Lipinski definition) is 0. The van der Waals surface area contributed by atoms with Gasteiger partial charge in [-0.25, -0.2) is 0 Å². The first-order valence-electron chi connectivity index (χ1n) is 19.3. The second-order valence-electron chi connectivity index (χ2n) is 14.5. The van der Waals surface area contributed by atoms with E-state index in [0.29, 0.717) is 0 Å². The summed E-state index contributed by atoms with van der Waals surface area (Å²) < 4.78 is 4.84. The zero-order valence-electron chi connectivity index (χ0n) is 30.7. The van der Waals surface area contributed by atoms with Crippen molar-refractivity contribution in [2.24, 2.45) is 0 Å². The standard InChI is InChI=1S/C54H36N2/c1-4-14-37(15-5-1)39-24-26-40(27-25-39)45-20-10-12-22-50(45)56-53-32-28-41(38-16-6-2-7-17-38)34-48(53)49-36-43(30-33-54(49)56)42-29-31-52-47(35-42)46-21-11-13-23-51(46)55(52)44-18-8-3-9-19-44/h1-36H. The van der Waals surface area contributed by atoms with E-state index in [2.05, 4.69) is 228 Å². The van der Waals surface area contributed by atoms with E-state index in [-0.39, 0.29) is 0 Å². The van der Waals surface area contributed by atoms with Gasteiger partial charge in [-0.15, -0.1) is 0 Å². The smallest absolute Gasteiger partial charge is 0.0541 e. The first kappa shape index (κ1) is 32.0. The number of para-hydroxylation sites is 3. The van der Waals surface area contributed by atoms with Gasteiger partial charge in [-0.1, -0.05) is 158 Å². The molecule has 0 radical (unpaired) electrons. The van der Waals surface area contributed by atoms with Crippen molar-refractivity contribution in [3.63, 3.8) is 0 Å². The Kier molecular flexibility index (Phi) is 7.53. The predicted molar refractivity (Wildman–Crippen MR) is 237 cm³/mol. The molecule has 0 amide bonds. The van der Waals surface area contributed by atoms with Gasteiger partial charge in [0.15, 0.2) is 0 Å². The highest BCUT2D eigenvalue weighted by molar-refractivity contribution is 6.13. The molecule has 11 rings (SSSR count). The van der Waals surface area contributed by atoms with Gasteiger partial charge < -0.3 is 9.13 Å². The van der Waals surface area contributed by atoms with Crippen LogP contribution in [0.3, 0.4) is 0 Å². The predicted octanol–water partition coefficient (Wildman–Crippen LogP) is 14.5. The maximum atomic E-state index is 2.46. The fourth-order valence-corrected chi connectivity index (χ4v) is 8.67. The number of hydrogen-bond donors (Lipinski definition) is 0. The summed E-state index contributed by atoms with van der Waals surface area (Å²) in [5, 5.41) is 4.98. The van der Waals surface area contributed by atoms with Crippen molar-refractivity contribution in [1.29, 1.82) is 0 Å². The topological polar surface area (TPSA) is 9.86 Å². The lowest BCUT2D eigenvalue weighted by Crippen LogP contribution is -1.97. The van der Waals surface area contributed by atoms with Crippen LogP contribution >= 0.6 is 0 Å². The summed E-state index contributed by atoms with van der Waals surface area (Å²) in [6, 6.07) is 79.4. The molecule has 0 aliphatic carbocycles. The molecule has 0 saturated carbocycles. The second kappa shape index (κ2) is 13.2. The Labute approximate surface area is 325 Å². The average Bonchev–Trinajstić information content (AvgIpc) is 3.79. The van der Waals surface area contributed by atoms with Crippen molar-refractivity contribution in [3.05, 3.63) is 218 Å². The summed E-state index contributed by atoms with van der Waals surface area (Å²) in [7, 11) is 0. The molecule has 0 aliphatic heterocycles. The lowest BCUT2D eigenvalue weighted by atomic mass is 9.99. The highest BCUT2D eigenvalue weighted by atomic mass is 15.0. The van der Waals surface area contributed by atoms with Crippen LogP contribution in [0.5, 0.6) is 0 Å². The van der Waals surface area contributed by atoms with Gasteiger partial charge in [0.25, 0.3) is 0 Å². The van der Waals surface area contributed by atoms with Crippen molar-refractivity contribution in [2.75, 3.05) is 0 Å². The van der Waals surface area contributed by atoms with Crippen LogP contribution in [-0.2, 0) is 0 Å². The second-order valence-corrected chi connectivity index (χ2v) is 14.5. The Morgan fingerprint density at radius 1 is 0.232 bits per heavy atom. The molecule has 0 N–H and O–H groups in total. The minimum absolute atomic E-state index is 1.16. The number of rotatable bonds is 6. The third-order valence-corrected chi connectivity index (χ3v) is 11.3.